The summed E-state index contributed by atoms with van der Waals surface area (Å²) in [6.45, 7) is 10.4. The average Bonchev–Trinajstić information content (AvgIpc) is 2.18. The molecular formula is C11H23N3O. The van der Waals surface area contributed by atoms with Crippen LogP contribution in [0.3, 0.4) is 0 Å². The van der Waals surface area contributed by atoms with Crippen molar-refractivity contribution in [3.63, 3.8) is 0 Å². The Morgan fingerprint density at radius 1 is 1.27 bits per heavy atom. The molecule has 1 N–H and O–H groups in total. The molecule has 2 aliphatic rings. The van der Waals surface area contributed by atoms with Crippen LogP contribution in [0.1, 0.15) is 6.92 Å². The van der Waals surface area contributed by atoms with E-state index < -0.39 is 0 Å². The summed E-state index contributed by atoms with van der Waals surface area (Å²) in [5.41, 5.74) is 0. The molecule has 2 aliphatic heterocycles. The average molecular weight is 213 g/mol. The summed E-state index contributed by atoms with van der Waals surface area (Å²) < 4.78 is 5.29. The molecule has 0 saturated carbocycles. The van der Waals surface area contributed by atoms with Gasteiger partial charge in [-0.15, -0.1) is 0 Å². The lowest BCUT2D eigenvalue weighted by molar-refractivity contribution is 0.0332. The second-order valence-corrected chi connectivity index (χ2v) is 4.69. The number of nitrogens with one attached hydrogen (secondary N) is 1. The van der Waals surface area contributed by atoms with Crippen LogP contribution >= 0.6 is 0 Å². The zero-order valence-electron chi connectivity index (χ0n) is 9.91. The molecule has 2 saturated heterocycles. The van der Waals surface area contributed by atoms with Crippen LogP contribution in [0.4, 0.5) is 0 Å². The van der Waals surface area contributed by atoms with Gasteiger partial charge in [0.25, 0.3) is 0 Å². The number of methoxy groups -OCH3 is 1. The molecule has 88 valence electrons. The Labute approximate surface area is 92.6 Å². The van der Waals surface area contributed by atoms with Gasteiger partial charge in [-0.1, -0.05) is 0 Å². The van der Waals surface area contributed by atoms with Crippen LogP contribution < -0.4 is 5.32 Å². The molecule has 0 aromatic heterocycles. The van der Waals surface area contributed by atoms with Crippen molar-refractivity contribution in [1.82, 2.24) is 15.1 Å². The quantitative estimate of drug-likeness (QED) is 0.688. The third-order valence-electron chi connectivity index (χ3n) is 3.60. The maximum Gasteiger partial charge on any atom is 0.0670 e. The number of nitrogens with zero attached hydrogens (tertiary/aromatic N) is 2. The van der Waals surface area contributed by atoms with Crippen molar-refractivity contribution in [2.75, 3.05) is 52.9 Å². The van der Waals surface area contributed by atoms with Gasteiger partial charge in [-0.25, -0.2) is 0 Å². The molecule has 2 heterocycles. The van der Waals surface area contributed by atoms with Crippen LogP contribution in [0.25, 0.3) is 0 Å². The summed E-state index contributed by atoms with van der Waals surface area (Å²) in [6.07, 6.45) is 0.363. The third kappa shape index (κ3) is 2.91. The van der Waals surface area contributed by atoms with Crippen LogP contribution in [0.5, 0.6) is 0 Å². The zero-order chi connectivity index (χ0) is 10.7. The lowest BCUT2D eigenvalue weighted by Gasteiger charge is -2.43. The molecule has 2 fully saturated rings. The summed E-state index contributed by atoms with van der Waals surface area (Å²) in [7, 11) is 1.79. The van der Waals surface area contributed by atoms with Crippen molar-refractivity contribution >= 4 is 0 Å². The van der Waals surface area contributed by atoms with Crippen molar-refractivity contribution in [1.29, 1.82) is 0 Å². The number of hydrogen-bond donors (Lipinski definition) is 1. The molecule has 0 aromatic rings. The minimum absolute atomic E-state index is 0.363. The van der Waals surface area contributed by atoms with E-state index >= 15 is 0 Å². The minimum Gasteiger partial charge on any atom is -0.380 e. The van der Waals surface area contributed by atoms with Gasteiger partial charge in [0.15, 0.2) is 0 Å². The first kappa shape index (κ1) is 11.3. The Balaban J connectivity index is 1.67. The van der Waals surface area contributed by atoms with Crippen molar-refractivity contribution in [2.45, 2.75) is 19.1 Å². The van der Waals surface area contributed by atoms with E-state index in [2.05, 4.69) is 22.0 Å². The predicted molar refractivity (Wildman–Crippen MR) is 61.1 cm³/mol. The van der Waals surface area contributed by atoms with Gasteiger partial charge in [0.1, 0.15) is 0 Å². The molecule has 0 aliphatic carbocycles. The van der Waals surface area contributed by atoms with Gasteiger partial charge in [0.05, 0.1) is 6.10 Å². The highest BCUT2D eigenvalue weighted by molar-refractivity contribution is 4.87. The largest absolute Gasteiger partial charge is 0.380 e. The number of rotatable bonds is 4. The number of piperazine rings is 1. The zero-order valence-corrected chi connectivity index (χ0v) is 9.91. The lowest BCUT2D eigenvalue weighted by Crippen LogP contribution is -2.61. The monoisotopic (exact) mass is 213 g/mol. The first-order chi connectivity index (χ1) is 7.29. The Morgan fingerprint density at radius 2 is 1.93 bits per heavy atom. The fraction of sp³-hybridized carbons (Fsp3) is 1.00. The normalized spacial score (nSPS) is 27.6. The van der Waals surface area contributed by atoms with E-state index in [1.54, 1.807) is 7.11 Å². The van der Waals surface area contributed by atoms with Gasteiger partial charge < -0.3 is 10.1 Å². The number of hydrogen-bond acceptors (Lipinski definition) is 4. The molecule has 1 unspecified atom stereocenters. The second kappa shape index (κ2) is 5.25. The summed E-state index contributed by atoms with van der Waals surface area (Å²) in [4.78, 5) is 5.13. The summed E-state index contributed by atoms with van der Waals surface area (Å²) in [5.74, 6) is 0. The highest BCUT2D eigenvalue weighted by Crippen LogP contribution is 2.10. The molecule has 0 amide bonds. The van der Waals surface area contributed by atoms with Gasteiger partial charge in [-0.3, -0.25) is 9.80 Å². The van der Waals surface area contributed by atoms with Crippen LogP contribution in [-0.4, -0.2) is 74.9 Å². The first-order valence-electron chi connectivity index (χ1n) is 5.99. The molecular weight excluding hydrogens is 190 g/mol. The van der Waals surface area contributed by atoms with E-state index in [9.17, 15) is 0 Å². The summed E-state index contributed by atoms with van der Waals surface area (Å²) in [6, 6.07) is 0.812. The van der Waals surface area contributed by atoms with Crippen LogP contribution in [0, 0.1) is 0 Å². The molecule has 4 nitrogen and oxygen atoms in total. The fourth-order valence-electron chi connectivity index (χ4n) is 2.28. The standard InChI is InChI=1S/C11H23N3O/c1-10(15-2)9-13-3-5-14(6-4-13)11-7-12-8-11/h10-12H,3-9H2,1-2H3. The van der Waals surface area contributed by atoms with Crippen LogP contribution in [-0.2, 0) is 4.74 Å². The molecule has 15 heavy (non-hydrogen) atoms. The molecule has 1 atom stereocenters. The Morgan fingerprint density at radius 3 is 2.40 bits per heavy atom. The van der Waals surface area contributed by atoms with Gasteiger partial charge >= 0.3 is 0 Å². The van der Waals surface area contributed by atoms with E-state index in [4.69, 9.17) is 4.74 Å². The Hall–Kier alpha value is -0.160. The van der Waals surface area contributed by atoms with Crippen molar-refractivity contribution in [2.24, 2.45) is 0 Å². The highest BCUT2D eigenvalue weighted by Gasteiger charge is 2.27. The van der Waals surface area contributed by atoms with Crippen LogP contribution in [0.2, 0.25) is 0 Å². The molecule has 4 heteroatoms. The fourth-order valence-corrected chi connectivity index (χ4v) is 2.28. The maximum absolute atomic E-state index is 5.29. The Kier molecular flexibility index (Phi) is 3.97. The van der Waals surface area contributed by atoms with Gasteiger partial charge in [0.2, 0.25) is 0 Å². The molecule has 0 radical (unpaired) electrons. The molecule has 0 aromatic carbocycles. The maximum atomic E-state index is 5.29. The van der Waals surface area contributed by atoms with Gasteiger partial charge in [-0.05, 0) is 6.92 Å². The van der Waals surface area contributed by atoms with E-state index in [1.165, 1.54) is 39.3 Å². The molecule has 0 spiro atoms. The third-order valence-corrected chi connectivity index (χ3v) is 3.60. The smallest absolute Gasteiger partial charge is 0.0670 e. The summed E-state index contributed by atoms with van der Waals surface area (Å²) >= 11 is 0. The van der Waals surface area contributed by atoms with Crippen molar-refractivity contribution in [3.8, 4) is 0 Å². The highest BCUT2D eigenvalue weighted by atomic mass is 16.5. The Bertz CT molecular complexity index is 188. The van der Waals surface area contributed by atoms with E-state index in [-0.39, 0.29) is 0 Å². The SMILES string of the molecule is COC(C)CN1CCN(C2CNC2)CC1. The minimum atomic E-state index is 0.363. The van der Waals surface area contributed by atoms with Crippen molar-refractivity contribution in [3.05, 3.63) is 0 Å². The summed E-state index contributed by atoms with van der Waals surface area (Å²) in [5, 5.41) is 3.34. The molecule has 0 bridgehead atoms. The van der Waals surface area contributed by atoms with Crippen LogP contribution in [0.15, 0.2) is 0 Å². The molecule has 2 rings (SSSR count). The first-order valence-corrected chi connectivity index (χ1v) is 5.99. The topological polar surface area (TPSA) is 27.7 Å². The number of ether oxygens (including phenoxy) is 1. The van der Waals surface area contributed by atoms with Gasteiger partial charge in [-0.2, -0.15) is 0 Å². The van der Waals surface area contributed by atoms with E-state index in [0.717, 1.165) is 12.6 Å². The lowest BCUT2D eigenvalue weighted by atomic mass is 10.1. The van der Waals surface area contributed by atoms with Crippen molar-refractivity contribution < 1.29 is 4.74 Å². The van der Waals surface area contributed by atoms with E-state index in [1.807, 2.05) is 0 Å². The van der Waals surface area contributed by atoms with E-state index in [0.29, 0.717) is 6.10 Å². The second-order valence-electron chi connectivity index (χ2n) is 4.69. The van der Waals surface area contributed by atoms with Gasteiger partial charge in [0, 0.05) is 59.0 Å². The predicted octanol–water partition coefficient (Wildman–Crippen LogP) is -0.389.